The van der Waals surface area contributed by atoms with Gasteiger partial charge in [0.25, 0.3) is 0 Å². The lowest BCUT2D eigenvalue weighted by atomic mass is 9.98. The minimum atomic E-state index is 0. The molecule has 0 saturated carbocycles. The minimum absolute atomic E-state index is 0. The third-order valence-electron chi connectivity index (χ3n) is 4.54. The van der Waals surface area contributed by atoms with E-state index in [1.807, 2.05) is 11.9 Å². The molecule has 0 radical (unpaired) electrons. The molecule has 3 saturated heterocycles. The summed E-state index contributed by atoms with van der Waals surface area (Å²) in [5.74, 6) is 1.36. The molecule has 5 nitrogen and oxygen atoms in total. The van der Waals surface area contributed by atoms with Gasteiger partial charge in [0.05, 0.1) is 11.6 Å². The summed E-state index contributed by atoms with van der Waals surface area (Å²) in [5, 5.41) is 3.59. The van der Waals surface area contributed by atoms with Crippen LogP contribution in [-0.4, -0.2) is 65.0 Å². The topological polar surface area (TPSA) is 52.7 Å². The van der Waals surface area contributed by atoms with Crippen LogP contribution < -0.4 is 5.32 Å². The van der Waals surface area contributed by atoms with E-state index in [0.29, 0.717) is 29.8 Å². The van der Waals surface area contributed by atoms with Gasteiger partial charge in [-0.2, -0.15) is 0 Å². The number of hydrogen-bond donors (Lipinski definition) is 1. The van der Waals surface area contributed by atoms with Crippen molar-refractivity contribution >= 4 is 36.0 Å². The highest BCUT2D eigenvalue weighted by Crippen LogP contribution is 2.29. The fraction of sp³-hybridized carbons (Fsp3) is 0.846. The molecule has 0 spiro atoms. The molecule has 1 N–H and O–H groups in total. The van der Waals surface area contributed by atoms with Crippen LogP contribution in [-0.2, 0) is 9.59 Å². The summed E-state index contributed by atoms with van der Waals surface area (Å²) < 4.78 is 0. The van der Waals surface area contributed by atoms with Gasteiger partial charge < -0.3 is 15.1 Å². The number of amides is 2. The zero-order valence-corrected chi connectivity index (χ0v) is 13.3. The number of carbonyl (C=O) groups excluding carboxylic acids is 2. The fourth-order valence-corrected chi connectivity index (χ4v) is 4.27. The van der Waals surface area contributed by atoms with Crippen LogP contribution in [0.15, 0.2) is 0 Å². The highest BCUT2D eigenvalue weighted by molar-refractivity contribution is 8.00. The average molecular weight is 320 g/mol. The Labute approximate surface area is 130 Å². The first kappa shape index (κ1) is 15.9. The van der Waals surface area contributed by atoms with E-state index >= 15 is 0 Å². The van der Waals surface area contributed by atoms with Gasteiger partial charge in [-0.3, -0.25) is 9.59 Å². The van der Waals surface area contributed by atoms with Crippen molar-refractivity contribution in [1.29, 1.82) is 0 Å². The summed E-state index contributed by atoms with van der Waals surface area (Å²) in [6.07, 6.45) is 4.60. The average Bonchev–Trinajstić information content (AvgIpc) is 2.95. The summed E-state index contributed by atoms with van der Waals surface area (Å²) in [5.41, 5.74) is 0. The second-order valence-electron chi connectivity index (χ2n) is 5.84. The van der Waals surface area contributed by atoms with E-state index in [-0.39, 0.29) is 30.8 Å². The Morgan fingerprint density at radius 2 is 2.05 bits per heavy atom. The lowest BCUT2D eigenvalue weighted by Crippen LogP contribution is -2.50. The normalized spacial score (nSPS) is 32.1. The van der Waals surface area contributed by atoms with Crippen molar-refractivity contribution in [2.24, 2.45) is 0 Å². The first-order valence-electron chi connectivity index (χ1n) is 7.00. The van der Waals surface area contributed by atoms with Crippen molar-refractivity contribution in [3.05, 3.63) is 0 Å². The zero-order valence-electron chi connectivity index (χ0n) is 11.7. The van der Waals surface area contributed by atoms with Crippen LogP contribution in [0.5, 0.6) is 0 Å². The van der Waals surface area contributed by atoms with E-state index in [1.54, 1.807) is 16.7 Å². The molecule has 114 valence electrons. The molecule has 3 fully saturated rings. The number of halogens is 1. The summed E-state index contributed by atoms with van der Waals surface area (Å²) in [6.45, 7) is 0.252. The lowest BCUT2D eigenvalue weighted by Gasteiger charge is -2.36. The van der Waals surface area contributed by atoms with Gasteiger partial charge in [0, 0.05) is 25.2 Å². The largest absolute Gasteiger partial charge is 0.341 e. The second kappa shape index (κ2) is 6.54. The number of carbonyl (C=O) groups is 2. The van der Waals surface area contributed by atoms with Crippen molar-refractivity contribution in [2.75, 3.05) is 25.2 Å². The van der Waals surface area contributed by atoms with Crippen LogP contribution >= 0.6 is 24.2 Å². The number of nitrogens with zero attached hydrogens (tertiary/aromatic N) is 2. The summed E-state index contributed by atoms with van der Waals surface area (Å²) >= 11 is 1.59. The van der Waals surface area contributed by atoms with Crippen LogP contribution in [0.4, 0.5) is 0 Å². The maximum absolute atomic E-state index is 12.3. The zero-order chi connectivity index (χ0) is 13.4. The van der Waals surface area contributed by atoms with Gasteiger partial charge in [-0.05, 0) is 25.7 Å². The number of piperidine rings is 1. The molecule has 20 heavy (non-hydrogen) atoms. The number of likely N-dealkylation sites (N-methyl/N-ethyl adjacent to an activating group) is 1. The molecular formula is C13H22ClN3O2S. The van der Waals surface area contributed by atoms with Crippen molar-refractivity contribution in [1.82, 2.24) is 15.1 Å². The van der Waals surface area contributed by atoms with Crippen LogP contribution in [0.1, 0.15) is 25.7 Å². The van der Waals surface area contributed by atoms with Gasteiger partial charge in [-0.1, -0.05) is 0 Å². The van der Waals surface area contributed by atoms with Crippen LogP contribution in [0.25, 0.3) is 0 Å². The molecule has 0 aliphatic carbocycles. The van der Waals surface area contributed by atoms with Crippen molar-refractivity contribution < 1.29 is 9.59 Å². The van der Waals surface area contributed by atoms with Gasteiger partial charge in [0.1, 0.15) is 6.54 Å². The van der Waals surface area contributed by atoms with E-state index in [0.717, 1.165) is 12.8 Å². The predicted octanol–water partition coefficient (Wildman–Crippen LogP) is 0.682. The molecule has 7 heteroatoms. The van der Waals surface area contributed by atoms with E-state index in [1.165, 1.54) is 12.8 Å². The first-order chi connectivity index (χ1) is 9.13. The standard InChI is InChI=1S/C13H21N3O2S.ClH/c1-15(11-4-9-2-3-10(5-11)14-9)12(17)6-16-8-19-7-13(16)18;/h9-11,14H,2-8H2,1H3;1H. The molecule has 3 heterocycles. The summed E-state index contributed by atoms with van der Waals surface area (Å²) in [7, 11) is 1.89. The quantitative estimate of drug-likeness (QED) is 0.831. The van der Waals surface area contributed by atoms with E-state index < -0.39 is 0 Å². The monoisotopic (exact) mass is 319 g/mol. The molecule has 3 rings (SSSR count). The van der Waals surface area contributed by atoms with Gasteiger partial charge in [-0.15, -0.1) is 24.2 Å². The van der Waals surface area contributed by atoms with E-state index in [2.05, 4.69) is 5.32 Å². The molecule has 0 aromatic heterocycles. The molecule has 2 unspecified atom stereocenters. The highest BCUT2D eigenvalue weighted by atomic mass is 35.5. The van der Waals surface area contributed by atoms with Gasteiger partial charge in [-0.25, -0.2) is 0 Å². The predicted molar refractivity (Wildman–Crippen MR) is 82.0 cm³/mol. The minimum Gasteiger partial charge on any atom is -0.341 e. The summed E-state index contributed by atoms with van der Waals surface area (Å²) in [4.78, 5) is 27.4. The van der Waals surface area contributed by atoms with E-state index in [4.69, 9.17) is 0 Å². The maximum atomic E-state index is 12.3. The Hall–Kier alpha value is -0.460. The van der Waals surface area contributed by atoms with Crippen molar-refractivity contribution in [3.8, 4) is 0 Å². The maximum Gasteiger partial charge on any atom is 0.242 e. The number of thioether (sulfide) groups is 1. The molecule has 0 aromatic carbocycles. The molecule has 3 aliphatic heterocycles. The van der Waals surface area contributed by atoms with Crippen LogP contribution in [0.3, 0.4) is 0 Å². The fourth-order valence-electron chi connectivity index (χ4n) is 3.36. The Morgan fingerprint density at radius 1 is 1.40 bits per heavy atom. The highest BCUT2D eigenvalue weighted by Gasteiger charge is 2.36. The summed E-state index contributed by atoms with van der Waals surface area (Å²) in [6, 6.07) is 1.52. The Balaban J connectivity index is 0.00000147. The Morgan fingerprint density at radius 3 is 2.60 bits per heavy atom. The SMILES string of the molecule is CN(C(=O)CN1CSCC1=O)C1CC2CCC(C1)N2.Cl. The lowest BCUT2D eigenvalue weighted by molar-refractivity contribution is -0.139. The van der Waals surface area contributed by atoms with Crippen LogP contribution in [0.2, 0.25) is 0 Å². The molecule has 2 atom stereocenters. The Kier molecular flexibility index (Phi) is 5.20. The van der Waals surface area contributed by atoms with Crippen molar-refractivity contribution in [3.63, 3.8) is 0 Å². The number of nitrogens with one attached hydrogen (secondary N) is 1. The third-order valence-corrected chi connectivity index (χ3v) is 5.49. The molecule has 2 amide bonds. The molecule has 2 bridgehead atoms. The number of hydrogen-bond acceptors (Lipinski definition) is 4. The van der Waals surface area contributed by atoms with Gasteiger partial charge in [0.15, 0.2) is 0 Å². The number of rotatable bonds is 3. The second-order valence-corrected chi connectivity index (χ2v) is 6.79. The first-order valence-corrected chi connectivity index (χ1v) is 8.16. The van der Waals surface area contributed by atoms with E-state index in [9.17, 15) is 9.59 Å². The Bertz CT molecular complexity index is 384. The van der Waals surface area contributed by atoms with Crippen molar-refractivity contribution in [2.45, 2.75) is 43.8 Å². The smallest absolute Gasteiger partial charge is 0.242 e. The molecular weight excluding hydrogens is 298 g/mol. The third kappa shape index (κ3) is 3.23. The van der Waals surface area contributed by atoms with Gasteiger partial charge >= 0.3 is 0 Å². The number of fused-ring (bicyclic) bond motifs is 2. The van der Waals surface area contributed by atoms with Crippen LogP contribution in [0, 0.1) is 0 Å². The molecule has 3 aliphatic rings. The van der Waals surface area contributed by atoms with Gasteiger partial charge in [0.2, 0.25) is 11.8 Å². The molecule has 0 aromatic rings.